The summed E-state index contributed by atoms with van der Waals surface area (Å²) in [5.41, 5.74) is -0.565. The third kappa shape index (κ3) is 3.59. The normalized spacial score (nSPS) is 10.5. The van der Waals surface area contributed by atoms with Gasteiger partial charge in [0.25, 0.3) is 5.69 Å². The second-order valence-electron chi connectivity index (χ2n) is 4.13. The third-order valence-corrected chi connectivity index (χ3v) is 3.30. The maximum atomic E-state index is 13.7. The first kappa shape index (κ1) is 15.5. The Morgan fingerprint density at radius 1 is 1.19 bits per heavy atom. The van der Waals surface area contributed by atoms with Crippen molar-refractivity contribution in [1.82, 2.24) is 0 Å². The van der Waals surface area contributed by atoms with Crippen LogP contribution in [-0.4, -0.2) is 4.92 Å². The van der Waals surface area contributed by atoms with Gasteiger partial charge < -0.3 is 5.32 Å². The van der Waals surface area contributed by atoms with Crippen LogP contribution in [0.15, 0.2) is 30.3 Å². The van der Waals surface area contributed by atoms with Gasteiger partial charge in [-0.25, -0.2) is 8.78 Å². The number of rotatable bonds is 4. The summed E-state index contributed by atoms with van der Waals surface area (Å²) in [5, 5.41) is 14.2. The van der Waals surface area contributed by atoms with Crippen molar-refractivity contribution < 1.29 is 13.7 Å². The molecular weight excluding hydrogens is 325 g/mol. The molecule has 0 aromatic heterocycles. The summed E-state index contributed by atoms with van der Waals surface area (Å²) < 4.78 is 26.7. The maximum absolute atomic E-state index is 13.7. The first-order valence-corrected chi connectivity index (χ1v) is 6.45. The molecule has 0 saturated heterocycles. The average Bonchev–Trinajstić information content (AvgIpc) is 2.40. The fourth-order valence-corrected chi connectivity index (χ4v) is 2.12. The monoisotopic (exact) mass is 332 g/mol. The number of hydrogen-bond donors (Lipinski definition) is 1. The highest BCUT2D eigenvalue weighted by molar-refractivity contribution is 6.33. The lowest BCUT2D eigenvalue weighted by Gasteiger charge is -2.10. The zero-order chi connectivity index (χ0) is 15.6. The van der Waals surface area contributed by atoms with Crippen LogP contribution < -0.4 is 5.32 Å². The van der Waals surface area contributed by atoms with Crippen molar-refractivity contribution in [2.24, 2.45) is 0 Å². The van der Waals surface area contributed by atoms with E-state index in [1.165, 1.54) is 0 Å². The van der Waals surface area contributed by atoms with E-state index in [0.717, 1.165) is 0 Å². The number of nitro benzene ring substituents is 1. The van der Waals surface area contributed by atoms with E-state index in [2.05, 4.69) is 5.32 Å². The molecule has 0 unspecified atom stereocenters. The predicted octanol–water partition coefficient (Wildman–Crippen LogP) is 4.79. The zero-order valence-electron chi connectivity index (χ0n) is 10.4. The van der Waals surface area contributed by atoms with Crippen molar-refractivity contribution in [3.63, 3.8) is 0 Å². The fourth-order valence-electron chi connectivity index (χ4n) is 1.74. The van der Waals surface area contributed by atoms with E-state index in [0.29, 0.717) is 27.7 Å². The van der Waals surface area contributed by atoms with Crippen molar-refractivity contribution >= 4 is 34.6 Å². The van der Waals surface area contributed by atoms with Crippen LogP contribution in [-0.2, 0) is 6.54 Å². The highest BCUT2D eigenvalue weighted by atomic mass is 35.5. The lowest BCUT2D eigenvalue weighted by atomic mass is 10.2. The topological polar surface area (TPSA) is 55.2 Å². The van der Waals surface area contributed by atoms with Gasteiger partial charge in [0, 0.05) is 22.7 Å². The first-order valence-electron chi connectivity index (χ1n) is 5.69. The summed E-state index contributed by atoms with van der Waals surface area (Å²) in [6.07, 6.45) is 0. The van der Waals surface area contributed by atoms with E-state index in [9.17, 15) is 18.9 Å². The standard InChI is InChI=1S/C13H8Cl2F2N2O2/c14-8-1-2-10(15)7(3-8)6-18-13-11(17)4-9(16)5-12(13)19(20)21/h1-5,18H,6H2. The van der Waals surface area contributed by atoms with Gasteiger partial charge in [-0.3, -0.25) is 10.1 Å². The van der Waals surface area contributed by atoms with Gasteiger partial charge in [0.05, 0.1) is 11.0 Å². The molecule has 0 spiro atoms. The molecule has 0 radical (unpaired) electrons. The minimum absolute atomic E-state index is 0.00276. The molecule has 0 amide bonds. The van der Waals surface area contributed by atoms with Gasteiger partial charge in [0.2, 0.25) is 0 Å². The van der Waals surface area contributed by atoms with E-state index in [1.54, 1.807) is 18.2 Å². The minimum Gasteiger partial charge on any atom is -0.373 e. The average molecular weight is 333 g/mol. The van der Waals surface area contributed by atoms with Gasteiger partial charge in [-0.1, -0.05) is 23.2 Å². The van der Waals surface area contributed by atoms with Crippen LogP contribution in [0.4, 0.5) is 20.2 Å². The van der Waals surface area contributed by atoms with Crippen molar-refractivity contribution in [1.29, 1.82) is 0 Å². The quantitative estimate of drug-likeness (QED) is 0.646. The van der Waals surface area contributed by atoms with Crippen LogP contribution in [0.3, 0.4) is 0 Å². The summed E-state index contributed by atoms with van der Waals surface area (Å²) in [4.78, 5) is 9.98. The molecule has 0 aliphatic heterocycles. The number of nitro groups is 1. The predicted molar refractivity (Wildman–Crippen MR) is 76.8 cm³/mol. The number of anilines is 1. The van der Waals surface area contributed by atoms with Crippen LogP contribution in [0.25, 0.3) is 0 Å². The van der Waals surface area contributed by atoms with Crippen molar-refractivity contribution in [3.05, 3.63) is 67.7 Å². The van der Waals surface area contributed by atoms with Crippen LogP contribution >= 0.6 is 23.2 Å². The third-order valence-electron chi connectivity index (χ3n) is 2.69. The van der Waals surface area contributed by atoms with Gasteiger partial charge >= 0.3 is 0 Å². The Morgan fingerprint density at radius 3 is 2.57 bits per heavy atom. The molecule has 21 heavy (non-hydrogen) atoms. The van der Waals surface area contributed by atoms with Crippen molar-refractivity contribution in [3.8, 4) is 0 Å². The number of nitrogens with one attached hydrogen (secondary N) is 1. The summed E-state index contributed by atoms with van der Waals surface area (Å²) >= 11 is 11.8. The smallest absolute Gasteiger partial charge is 0.298 e. The summed E-state index contributed by atoms with van der Waals surface area (Å²) in [5.74, 6) is -2.08. The van der Waals surface area contributed by atoms with Crippen LogP contribution in [0.2, 0.25) is 10.0 Å². The molecule has 0 atom stereocenters. The fraction of sp³-hybridized carbons (Fsp3) is 0.0769. The molecule has 2 aromatic carbocycles. The molecule has 4 nitrogen and oxygen atoms in total. The lowest BCUT2D eigenvalue weighted by Crippen LogP contribution is -2.06. The van der Waals surface area contributed by atoms with Crippen LogP contribution in [0, 0.1) is 21.7 Å². The molecule has 8 heteroatoms. The summed E-state index contributed by atoms with van der Waals surface area (Å²) in [6.45, 7) is 0.00276. The highest BCUT2D eigenvalue weighted by Gasteiger charge is 2.20. The van der Waals surface area contributed by atoms with E-state index >= 15 is 0 Å². The van der Waals surface area contributed by atoms with E-state index in [1.807, 2.05) is 0 Å². The summed E-state index contributed by atoms with van der Waals surface area (Å²) in [7, 11) is 0. The lowest BCUT2D eigenvalue weighted by molar-refractivity contribution is -0.384. The van der Waals surface area contributed by atoms with Gasteiger partial charge in [-0.05, 0) is 23.8 Å². The molecule has 2 rings (SSSR count). The van der Waals surface area contributed by atoms with E-state index in [-0.39, 0.29) is 6.54 Å². The molecule has 110 valence electrons. The summed E-state index contributed by atoms with van der Waals surface area (Å²) in [6, 6.07) is 5.88. The Bertz CT molecular complexity index is 711. The SMILES string of the molecule is O=[N+]([O-])c1cc(F)cc(F)c1NCc1cc(Cl)ccc1Cl. The second kappa shape index (κ2) is 6.24. The molecule has 0 bridgehead atoms. The van der Waals surface area contributed by atoms with Crippen LogP contribution in [0.5, 0.6) is 0 Å². The number of benzene rings is 2. The van der Waals surface area contributed by atoms with Crippen LogP contribution in [0.1, 0.15) is 5.56 Å². The largest absolute Gasteiger partial charge is 0.373 e. The minimum atomic E-state index is -1.06. The molecule has 2 aromatic rings. The van der Waals surface area contributed by atoms with E-state index < -0.39 is 27.9 Å². The van der Waals surface area contributed by atoms with Gasteiger partial charge in [0.1, 0.15) is 11.5 Å². The molecule has 0 aliphatic carbocycles. The van der Waals surface area contributed by atoms with E-state index in [4.69, 9.17) is 23.2 Å². The number of hydrogen-bond acceptors (Lipinski definition) is 3. The second-order valence-corrected chi connectivity index (χ2v) is 4.97. The molecule has 0 heterocycles. The zero-order valence-corrected chi connectivity index (χ0v) is 11.9. The molecule has 1 N–H and O–H groups in total. The molecule has 0 saturated carbocycles. The Kier molecular flexibility index (Phi) is 4.59. The molecular formula is C13H8Cl2F2N2O2. The molecule has 0 aliphatic rings. The Balaban J connectivity index is 2.32. The van der Waals surface area contributed by atoms with Gasteiger partial charge in [0.15, 0.2) is 5.82 Å². The first-order chi connectivity index (χ1) is 9.88. The Labute approximate surface area is 128 Å². The maximum Gasteiger partial charge on any atom is 0.298 e. The van der Waals surface area contributed by atoms with Gasteiger partial charge in [-0.2, -0.15) is 0 Å². The number of halogens is 4. The van der Waals surface area contributed by atoms with Crippen molar-refractivity contribution in [2.75, 3.05) is 5.32 Å². The van der Waals surface area contributed by atoms with Crippen molar-refractivity contribution in [2.45, 2.75) is 6.54 Å². The Hall–Kier alpha value is -1.92. The molecule has 0 fully saturated rings. The highest BCUT2D eigenvalue weighted by Crippen LogP contribution is 2.30. The number of nitrogens with zero attached hydrogens (tertiary/aromatic N) is 1. The van der Waals surface area contributed by atoms with Gasteiger partial charge in [-0.15, -0.1) is 0 Å². The Morgan fingerprint density at radius 2 is 1.90 bits per heavy atom.